The fraction of sp³-hybridized carbons (Fsp3) is 0.133. The van der Waals surface area contributed by atoms with Gasteiger partial charge < -0.3 is 10.5 Å². The molecule has 0 aliphatic carbocycles. The van der Waals surface area contributed by atoms with E-state index < -0.39 is 0 Å². The van der Waals surface area contributed by atoms with Gasteiger partial charge >= 0.3 is 0 Å². The highest BCUT2D eigenvalue weighted by Crippen LogP contribution is 2.36. The number of H-pyrrole nitrogens is 1. The number of ether oxygens (including phenoxy) is 1. The molecule has 0 aliphatic heterocycles. The quantitative estimate of drug-likeness (QED) is 0.770. The van der Waals surface area contributed by atoms with E-state index in [9.17, 15) is 0 Å². The third kappa shape index (κ3) is 2.33. The summed E-state index contributed by atoms with van der Waals surface area (Å²) in [4.78, 5) is 1.10. The highest BCUT2D eigenvalue weighted by Gasteiger charge is 2.15. The van der Waals surface area contributed by atoms with Crippen LogP contribution >= 0.6 is 11.3 Å². The van der Waals surface area contributed by atoms with Crippen LogP contribution in [0.15, 0.2) is 41.8 Å². The van der Waals surface area contributed by atoms with Gasteiger partial charge in [0.1, 0.15) is 0 Å². The highest BCUT2D eigenvalue weighted by atomic mass is 32.1. The molecule has 2 heterocycles. The Kier molecular flexibility index (Phi) is 3.54. The molecule has 0 spiro atoms. The molecule has 3 aromatic rings. The molecule has 3 rings (SSSR count). The zero-order valence-corrected chi connectivity index (χ0v) is 11.9. The van der Waals surface area contributed by atoms with Crippen LogP contribution in [0.2, 0.25) is 0 Å². The number of anilines is 1. The number of aromatic amines is 1. The van der Waals surface area contributed by atoms with Crippen molar-refractivity contribution in [2.75, 3.05) is 12.8 Å². The third-order valence-corrected chi connectivity index (χ3v) is 4.06. The second-order valence-corrected chi connectivity index (χ2v) is 5.37. The fourth-order valence-corrected chi connectivity index (χ4v) is 3.17. The van der Waals surface area contributed by atoms with Gasteiger partial charge in [0.2, 0.25) is 0 Å². The SMILES string of the molecule is COCc1[nH]nc(N)c1-c1cc(-c2ccccc2)cs1. The molecule has 0 amide bonds. The fourth-order valence-electron chi connectivity index (χ4n) is 2.17. The highest BCUT2D eigenvalue weighted by molar-refractivity contribution is 7.14. The first-order valence-electron chi connectivity index (χ1n) is 6.25. The van der Waals surface area contributed by atoms with Crippen LogP contribution in [0.1, 0.15) is 5.69 Å². The van der Waals surface area contributed by atoms with Crippen molar-refractivity contribution in [3.05, 3.63) is 47.5 Å². The minimum Gasteiger partial charge on any atom is -0.382 e. The monoisotopic (exact) mass is 285 g/mol. The van der Waals surface area contributed by atoms with Crippen molar-refractivity contribution in [1.29, 1.82) is 0 Å². The van der Waals surface area contributed by atoms with E-state index in [1.165, 1.54) is 11.1 Å². The number of hydrogen-bond acceptors (Lipinski definition) is 4. The second-order valence-electron chi connectivity index (χ2n) is 4.46. The summed E-state index contributed by atoms with van der Waals surface area (Å²) in [6.07, 6.45) is 0. The van der Waals surface area contributed by atoms with Crippen LogP contribution in [-0.4, -0.2) is 17.3 Å². The van der Waals surface area contributed by atoms with Crippen LogP contribution in [-0.2, 0) is 11.3 Å². The van der Waals surface area contributed by atoms with E-state index in [0.717, 1.165) is 16.1 Å². The predicted octanol–water partition coefficient (Wildman–Crippen LogP) is 3.53. The summed E-state index contributed by atoms with van der Waals surface area (Å²) >= 11 is 1.66. The van der Waals surface area contributed by atoms with Crippen molar-refractivity contribution in [2.24, 2.45) is 0 Å². The lowest BCUT2D eigenvalue weighted by atomic mass is 10.1. The molecule has 4 nitrogen and oxygen atoms in total. The van der Waals surface area contributed by atoms with Gasteiger partial charge in [-0.3, -0.25) is 5.10 Å². The Labute approximate surface area is 121 Å². The predicted molar refractivity (Wildman–Crippen MR) is 82.5 cm³/mol. The van der Waals surface area contributed by atoms with Crippen LogP contribution < -0.4 is 5.73 Å². The number of benzene rings is 1. The lowest BCUT2D eigenvalue weighted by Crippen LogP contribution is -1.91. The van der Waals surface area contributed by atoms with Crippen LogP contribution in [0.4, 0.5) is 5.82 Å². The molecule has 0 bridgehead atoms. The van der Waals surface area contributed by atoms with Gasteiger partial charge in [0.05, 0.1) is 17.9 Å². The lowest BCUT2D eigenvalue weighted by Gasteiger charge is -2.00. The summed E-state index contributed by atoms with van der Waals surface area (Å²) in [5, 5.41) is 9.13. The summed E-state index contributed by atoms with van der Waals surface area (Å²) in [6, 6.07) is 12.4. The van der Waals surface area contributed by atoms with Crippen molar-refractivity contribution in [1.82, 2.24) is 10.2 Å². The maximum Gasteiger partial charge on any atom is 0.154 e. The Hall–Kier alpha value is -2.11. The van der Waals surface area contributed by atoms with Gasteiger partial charge in [-0.15, -0.1) is 11.3 Å². The Morgan fingerprint density at radius 1 is 1.25 bits per heavy atom. The average Bonchev–Trinajstić information content (AvgIpc) is 3.07. The van der Waals surface area contributed by atoms with Gasteiger partial charge in [-0.05, 0) is 22.6 Å². The number of thiophene rings is 1. The molecule has 1 aromatic carbocycles. The first-order chi connectivity index (χ1) is 9.79. The molecule has 5 heteroatoms. The minimum atomic E-state index is 0.470. The summed E-state index contributed by atoms with van der Waals surface area (Å²) in [6.45, 7) is 0.470. The number of aromatic nitrogens is 2. The van der Waals surface area contributed by atoms with E-state index >= 15 is 0 Å². The van der Waals surface area contributed by atoms with E-state index in [4.69, 9.17) is 10.5 Å². The molecule has 0 unspecified atom stereocenters. The standard InChI is InChI=1S/C15H15N3OS/c1-19-8-12-14(15(16)18-17-12)13-7-11(9-20-13)10-5-3-2-4-6-10/h2-7,9H,8H2,1H3,(H3,16,17,18). The molecule has 0 atom stereocenters. The van der Waals surface area contributed by atoms with Gasteiger partial charge in [0.25, 0.3) is 0 Å². The van der Waals surface area contributed by atoms with Crippen molar-refractivity contribution in [3.63, 3.8) is 0 Å². The topological polar surface area (TPSA) is 63.9 Å². The molecule has 0 aliphatic rings. The maximum absolute atomic E-state index is 5.96. The van der Waals surface area contributed by atoms with Crippen molar-refractivity contribution in [3.8, 4) is 21.6 Å². The Bertz CT molecular complexity index is 703. The molecule has 0 radical (unpaired) electrons. The normalized spacial score (nSPS) is 10.8. The first-order valence-corrected chi connectivity index (χ1v) is 7.13. The van der Waals surface area contributed by atoms with E-state index in [-0.39, 0.29) is 0 Å². The van der Waals surface area contributed by atoms with E-state index in [2.05, 4.69) is 33.8 Å². The number of nitrogens with zero attached hydrogens (tertiary/aromatic N) is 1. The Morgan fingerprint density at radius 3 is 2.80 bits per heavy atom. The minimum absolute atomic E-state index is 0.470. The van der Waals surface area contributed by atoms with Gasteiger partial charge in [-0.1, -0.05) is 30.3 Å². The molecule has 102 valence electrons. The number of nitrogens with one attached hydrogen (secondary N) is 1. The second kappa shape index (κ2) is 5.48. The third-order valence-electron chi connectivity index (χ3n) is 3.11. The van der Waals surface area contributed by atoms with Crippen molar-refractivity contribution in [2.45, 2.75) is 6.61 Å². The van der Waals surface area contributed by atoms with Crippen molar-refractivity contribution >= 4 is 17.2 Å². The van der Waals surface area contributed by atoms with E-state index in [1.807, 2.05) is 18.2 Å². The summed E-state index contributed by atoms with van der Waals surface area (Å²) < 4.78 is 5.17. The Morgan fingerprint density at radius 2 is 2.05 bits per heavy atom. The number of nitrogens with two attached hydrogens (primary N) is 1. The first kappa shape index (κ1) is 12.9. The van der Waals surface area contributed by atoms with Gasteiger partial charge in [-0.25, -0.2) is 0 Å². The lowest BCUT2D eigenvalue weighted by molar-refractivity contribution is 0.182. The summed E-state index contributed by atoms with van der Waals surface area (Å²) in [5.41, 5.74) is 10.2. The maximum atomic E-state index is 5.96. The molecule has 0 saturated heterocycles. The smallest absolute Gasteiger partial charge is 0.154 e. The van der Waals surface area contributed by atoms with Crippen LogP contribution in [0, 0.1) is 0 Å². The molecule has 3 N–H and O–H groups in total. The molecular weight excluding hydrogens is 270 g/mol. The molecule has 20 heavy (non-hydrogen) atoms. The van der Waals surface area contributed by atoms with E-state index in [1.54, 1.807) is 18.4 Å². The van der Waals surface area contributed by atoms with Crippen molar-refractivity contribution < 1.29 is 4.74 Å². The van der Waals surface area contributed by atoms with Crippen LogP contribution in [0.3, 0.4) is 0 Å². The molecule has 0 saturated carbocycles. The van der Waals surface area contributed by atoms with Crippen LogP contribution in [0.5, 0.6) is 0 Å². The van der Waals surface area contributed by atoms with Crippen LogP contribution in [0.25, 0.3) is 21.6 Å². The molecule has 0 fully saturated rings. The van der Waals surface area contributed by atoms with E-state index in [0.29, 0.717) is 12.4 Å². The summed E-state index contributed by atoms with van der Waals surface area (Å²) in [5.74, 6) is 0.513. The van der Waals surface area contributed by atoms with Gasteiger partial charge in [0, 0.05) is 12.0 Å². The average molecular weight is 285 g/mol. The number of hydrogen-bond donors (Lipinski definition) is 2. The molecule has 2 aromatic heterocycles. The van der Waals surface area contributed by atoms with Gasteiger partial charge in [0.15, 0.2) is 5.82 Å². The number of methoxy groups -OCH3 is 1. The number of rotatable bonds is 4. The Balaban J connectivity index is 2.00. The largest absolute Gasteiger partial charge is 0.382 e. The summed E-state index contributed by atoms with van der Waals surface area (Å²) in [7, 11) is 1.66. The molecular formula is C15H15N3OS. The zero-order valence-electron chi connectivity index (χ0n) is 11.1. The zero-order chi connectivity index (χ0) is 13.9. The van der Waals surface area contributed by atoms with Gasteiger partial charge in [-0.2, -0.15) is 5.10 Å². The number of nitrogen functional groups attached to an aromatic ring is 1.